The van der Waals surface area contributed by atoms with Gasteiger partial charge in [-0.1, -0.05) is 72.3 Å². The van der Waals surface area contributed by atoms with E-state index in [-0.39, 0.29) is 30.2 Å². The van der Waals surface area contributed by atoms with Gasteiger partial charge in [-0.25, -0.2) is 0 Å². The molecule has 0 aromatic heterocycles. The Balaban J connectivity index is 1.68. The van der Waals surface area contributed by atoms with Crippen LogP contribution in [-0.4, -0.2) is 34.6 Å². The van der Waals surface area contributed by atoms with Crippen molar-refractivity contribution < 1.29 is 9.59 Å². The SMILES string of the molecule is C[C@@H](C(=O)NC1CCCCC1)N(Cc1ccc(Cl)cc1Cl)C(=O)CSCc1cccc(Cl)c1. The summed E-state index contributed by atoms with van der Waals surface area (Å²) in [6.07, 6.45) is 5.45. The Morgan fingerprint density at radius 1 is 1.06 bits per heavy atom. The summed E-state index contributed by atoms with van der Waals surface area (Å²) in [6, 6.07) is 12.4. The Kier molecular flexibility index (Phi) is 10.2. The zero-order valence-corrected chi connectivity index (χ0v) is 21.7. The van der Waals surface area contributed by atoms with E-state index in [9.17, 15) is 9.59 Å². The molecule has 1 N–H and O–H groups in total. The third-order valence-corrected chi connectivity index (χ3v) is 7.67. The van der Waals surface area contributed by atoms with Crippen LogP contribution in [0.3, 0.4) is 0 Å². The van der Waals surface area contributed by atoms with Crippen molar-refractivity contribution in [3.05, 3.63) is 68.7 Å². The molecule has 1 atom stereocenters. The van der Waals surface area contributed by atoms with E-state index in [4.69, 9.17) is 34.8 Å². The number of hydrogen-bond donors (Lipinski definition) is 1. The standard InChI is InChI=1S/C25H29Cl3N2O2S/c1-17(25(32)29-22-8-3-2-4-9-22)30(14-19-10-11-21(27)13-23(19)28)24(31)16-33-15-18-6-5-7-20(26)12-18/h5-7,10-13,17,22H,2-4,8-9,14-16H2,1H3,(H,29,32)/t17-/m0/s1. The first-order valence-corrected chi connectivity index (χ1v) is 13.5. The molecule has 178 valence electrons. The number of halogens is 3. The number of thioether (sulfide) groups is 1. The lowest BCUT2D eigenvalue weighted by atomic mass is 9.95. The minimum absolute atomic E-state index is 0.112. The lowest BCUT2D eigenvalue weighted by molar-refractivity contribution is -0.139. The minimum Gasteiger partial charge on any atom is -0.352 e. The van der Waals surface area contributed by atoms with Crippen molar-refractivity contribution in [2.24, 2.45) is 0 Å². The molecule has 1 aliphatic rings. The fraction of sp³-hybridized carbons (Fsp3) is 0.440. The zero-order valence-electron chi connectivity index (χ0n) is 18.7. The van der Waals surface area contributed by atoms with E-state index in [0.29, 0.717) is 20.8 Å². The molecule has 0 aliphatic heterocycles. The Morgan fingerprint density at radius 2 is 1.79 bits per heavy atom. The van der Waals surface area contributed by atoms with Gasteiger partial charge in [-0.3, -0.25) is 9.59 Å². The number of nitrogens with one attached hydrogen (secondary N) is 1. The number of nitrogens with zero attached hydrogens (tertiary/aromatic N) is 1. The predicted molar refractivity (Wildman–Crippen MR) is 139 cm³/mol. The molecule has 0 saturated heterocycles. The molecule has 8 heteroatoms. The van der Waals surface area contributed by atoms with Gasteiger partial charge in [-0.05, 0) is 55.2 Å². The highest BCUT2D eigenvalue weighted by atomic mass is 35.5. The molecule has 1 saturated carbocycles. The molecule has 33 heavy (non-hydrogen) atoms. The largest absolute Gasteiger partial charge is 0.352 e. The van der Waals surface area contributed by atoms with E-state index in [1.54, 1.807) is 30.0 Å². The van der Waals surface area contributed by atoms with Crippen LogP contribution in [0.4, 0.5) is 0 Å². The maximum absolute atomic E-state index is 13.3. The Labute approximate surface area is 215 Å². The molecule has 1 fully saturated rings. The normalized spacial score (nSPS) is 15.2. The van der Waals surface area contributed by atoms with Crippen LogP contribution in [0.2, 0.25) is 15.1 Å². The van der Waals surface area contributed by atoms with E-state index in [1.807, 2.05) is 24.3 Å². The van der Waals surface area contributed by atoms with E-state index < -0.39 is 6.04 Å². The first-order chi connectivity index (χ1) is 15.8. The molecule has 0 unspecified atom stereocenters. The lowest BCUT2D eigenvalue weighted by Gasteiger charge is -2.31. The highest BCUT2D eigenvalue weighted by Gasteiger charge is 2.28. The zero-order chi connectivity index (χ0) is 23.8. The van der Waals surface area contributed by atoms with Crippen LogP contribution >= 0.6 is 46.6 Å². The summed E-state index contributed by atoms with van der Waals surface area (Å²) in [5.74, 6) is 0.669. The highest BCUT2D eigenvalue weighted by Crippen LogP contribution is 2.25. The number of hydrogen-bond acceptors (Lipinski definition) is 3. The van der Waals surface area contributed by atoms with Crippen molar-refractivity contribution in [2.45, 2.75) is 63.4 Å². The minimum atomic E-state index is -0.613. The topological polar surface area (TPSA) is 49.4 Å². The molecule has 3 rings (SSSR count). The fourth-order valence-electron chi connectivity index (χ4n) is 3.95. The Morgan fingerprint density at radius 3 is 2.48 bits per heavy atom. The Bertz CT molecular complexity index is 966. The number of carbonyl (C=O) groups excluding carboxylic acids is 2. The maximum atomic E-state index is 13.3. The molecule has 1 aliphatic carbocycles. The first kappa shape index (κ1) is 26.2. The smallest absolute Gasteiger partial charge is 0.242 e. The number of carbonyl (C=O) groups is 2. The van der Waals surface area contributed by atoms with Gasteiger partial charge in [0.05, 0.1) is 5.75 Å². The van der Waals surface area contributed by atoms with Gasteiger partial charge in [0.1, 0.15) is 6.04 Å². The average Bonchev–Trinajstić information content (AvgIpc) is 2.79. The van der Waals surface area contributed by atoms with Crippen LogP contribution in [0, 0.1) is 0 Å². The van der Waals surface area contributed by atoms with Crippen molar-refractivity contribution in [3.8, 4) is 0 Å². The van der Waals surface area contributed by atoms with Gasteiger partial charge < -0.3 is 10.2 Å². The number of benzene rings is 2. The molecule has 4 nitrogen and oxygen atoms in total. The third-order valence-electron chi connectivity index (χ3n) is 5.86. The summed E-state index contributed by atoms with van der Waals surface area (Å²) in [4.78, 5) is 27.9. The number of amides is 2. The van der Waals surface area contributed by atoms with Crippen LogP contribution in [-0.2, 0) is 21.9 Å². The van der Waals surface area contributed by atoms with Gasteiger partial charge in [-0.2, -0.15) is 0 Å². The molecule has 0 bridgehead atoms. The van der Waals surface area contributed by atoms with Crippen LogP contribution in [0.1, 0.15) is 50.2 Å². The van der Waals surface area contributed by atoms with Crippen molar-refractivity contribution >= 4 is 58.4 Å². The predicted octanol–water partition coefficient (Wildman–Crippen LogP) is 6.75. The van der Waals surface area contributed by atoms with Crippen LogP contribution in [0.15, 0.2) is 42.5 Å². The first-order valence-electron chi connectivity index (χ1n) is 11.2. The molecular weight excluding hydrogens is 499 g/mol. The van der Waals surface area contributed by atoms with Crippen LogP contribution in [0.5, 0.6) is 0 Å². The molecule has 0 heterocycles. The van der Waals surface area contributed by atoms with E-state index >= 15 is 0 Å². The molecule has 2 aromatic rings. The molecule has 2 amide bonds. The van der Waals surface area contributed by atoms with E-state index in [0.717, 1.165) is 36.8 Å². The molecule has 2 aromatic carbocycles. The summed E-state index contributed by atoms with van der Waals surface area (Å²) in [5, 5.41) is 4.82. The highest BCUT2D eigenvalue weighted by molar-refractivity contribution is 7.99. The van der Waals surface area contributed by atoms with Crippen LogP contribution in [0.25, 0.3) is 0 Å². The summed E-state index contributed by atoms with van der Waals surface area (Å²) in [5.41, 5.74) is 1.81. The van der Waals surface area contributed by atoms with Gasteiger partial charge in [0.15, 0.2) is 0 Å². The second-order valence-electron chi connectivity index (χ2n) is 8.40. The monoisotopic (exact) mass is 526 g/mol. The van der Waals surface area contributed by atoms with E-state index in [1.165, 1.54) is 18.2 Å². The van der Waals surface area contributed by atoms with Gasteiger partial charge >= 0.3 is 0 Å². The maximum Gasteiger partial charge on any atom is 0.242 e. The van der Waals surface area contributed by atoms with Crippen LogP contribution < -0.4 is 5.32 Å². The fourth-order valence-corrected chi connectivity index (χ4v) is 5.49. The van der Waals surface area contributed by atoms with Crippen molar-refractivity contribution in [2.75, 3.05) is 5.75 Å². The molecule has 0 spiro atoms. The molecular formula is C25H29Cl3N2O2S. The second-order valence-corrected chi connectivity index (χ2v) is 10.7. The second kappa shape index (κ2) is 12.9. The quantitative estimate of drug-likeness (QED) is 0.392. The van der Waals surface area contributed by atoms with Crippen molar-refractivity contribution in [3.63, 3.8) is 0 Å². The Hall–Kier alpha value is -1.40. The lowest BCUT2D eigenvalue weighted by Crippen LogP contribution is -2.50. The summed E-state index contributed by atoms with van der Waals surface area (Å²) in [6.45, 7) is 2.02. The third kappa shape index (κ3) is 8.10. The molecule has 0 radical (unpaired) electrons. The summed E-state index contributed by atoms with van der Waals surface area (Å²) < 4.78 is 0. The van der Waals surface area contributed by atoms with Gasteiger partial charge in [-0.15, -0.1) is 11.8 Å². The van der Waals surface area contributed by atoms with Gasteiger partial charge in [0, 0.05) is 33.4 Å². The van der Waals surface area contributed by atoms with E-state index in [2.05, 4.69) is 5.32 Å². The average molecular weight is 528 g/mol. The van der Waals surface area contributed by atoms with Crippen molar-refractivity contribution in [1.82, 2.24) is 10.2 Å². The van der Waals surface area contributed by atoms with Crippen molar-refractivity contribution in [1.29, 1.82) is 0 Å². The number of rotatable bonds is 9. The van der Waals surface area contributed by atoms with Gasteiger partial charge in [0.25, 0.3) is 0 Å². The summed E-state index contributed by atoms with van der Waals surface area (Å²) >= 11 is 20.0. The summed E-state index contributed by atoms with van der Waals surface area (Å²) in [7, 11) is 0. The van der Waals surface area contributed by atoms with Gasteiger partial charge in [0.2, 0.25) is 11.8 Å².